The first kappa shape index (κ1) is 13.1. The van der Waals surface area contributed by atoms with E-state index in [0.29, 0.717) is 0 Å². The van der Waals surface area contributed by atoms with Crippen molar-refractivity contribution in [1.29, 1.82) is 0 Å². The van der Waals surface area contributed by atoms with E-state index in [0.717, 1.165) is 12.8 Å². The molecule has 2 rings (SSSR count). The largest absolute Gasteiger partial charge is 0.294 e. The van der Waals surface area contributed by atoms with E-state index in [1.165, 1.54) is 36.8 Å². The Morgan fingerprint density at radius 2 is 1.89 bits per heavy atom. The summed E-state index contributed by atoms with van der Waals surface area (Å²) in [7, 11) is 0. The maximum absolute atomic E-state index is 11.6. The quantitative estimate of drug-likeness (QED) is 0.675. The number of aryl methyl sites for hydroxylation is 1. The fraction of sp³-hybridized carbons (Fsp3) is 0.471. The van der Waals surface area contributed by atoms with E-state index in [2.05, 4.69) is 31.2 Å². The minimum Gasteiger partial charge on any atom is -0.294 e. The molecular weight excluding hydrogens is 220 g/mol. The highest BCUT2D eigenvalue weighted by molar-refractivity contribution is 5.97. The van der Waals surface area contributed by atoms with Gasteiger partial charge in [0.05, 0.1) is 5.92 Å². The molecule has 0 bridgehead atoms. The van der Waals surface area contributed by atoms with Crippen molar-refractivity contribution in [2.75, 3.05) is 0 Å². The van der Waals surface area contributed by atoms with Crippen LogP contribution in [0, 0.1) is 0 Å². The third-order valence-corrected chi connectivity index (χ3v) is 3.70. The van der Waals surface area contributed by atoms with Gasteiger partial charge >= 0.3 is 0 Å². The molecule has 0 saturated heterocycles. The molecule has 1 nitrogen and oxygen atoms in total. The summed E-state index contributed by atoms with van der Waals surface area (Å²) in [4.78, 5) is 11.6. The van der Waals surface area contributed by atoms with Crippen molar-refractivity contribution >= 4 is 5.78 Å². The molecule has 0 fully saturated rings. The van der Waals surface area contributed by atoms with Crippen molar-refractivity contribution in [2.24, 2.45) is 0 Å². The molecule has 1 unspecified atom stereocenters. The van der Waals surface area contributed by atoms with Gasteiger partial charge in [0.2, 0.25) is 0 Å². The second kappa shape index (κ2) is 6.53. The van der Waals surface area contributed by atoms with Gasteiger partial charge in [-0.2, -0.15) is 0 Å². The molecule has 0 aromatic heterocycles. The zero-order valence-corrected chi connectivity index (χ0v) is 11.2. The lowest BCUT2D eigenvalue weighted by molar-refractivity contribution is -0.115. The Bertz CT molecular complexity index is 414. The first-order chi connectivity index (χ1) is 8.81. The number of carbonyl (C=O) groups excluding carboxylic acids is 1. The van der Waals surface area contributed by atoms with Crippen LogP contribution in [0.4, 0.5) is 0 Å². The Hall–Kier alpha value is -1.37. The van der Waals surface area contributed by atoms with Gasteiger partial charge in [-0.1, -0.05) is 56.5 Å². The molecule has 0 spiro atoms. The first-order valence-corrected chi connectivity index (χ1v) is 7.10. The zero-order valence-electron chi connectivity index (χ0n) is 11.2. The minimum absolute atomic E-state index is 0.0825. The predicted octanol–water partition coefficient (Wildman–Crippen LogP) is 4.42. The topological polar surface area (TPSA) is 17.1 Å². The SMILES string of the molecule is CCCCCCc1ccc(C2CC=CC2=O)cc1. The summed E-state index contributed by atoms with van der Waals surface area (Å²) in [5.41, 5.74) is 2.57. The Morgan fingerprint density at radius 1 is 1.11 bits per heavy atom. The number of allylic oxidation sites excluding steroid dienone is 2. The second-order valence-electron chi connectivity index (χ2n) is 5.15. The molecule has 0 aliphatic heterocycles. The molecule has 1 aliphatic carbocycles. The average molecular weight is 242 g/mol. The summed E-state index contributed by atoms with van der Waals surface area (Å²) < 4.78 is 0. The summed E-state index contributed by atoms with van der Waals surface area (Å²) >= 11 is 0. The number of benzene rings is 1. The zero-order chi connectivity index (χ0) is 12.8. The van der Waals surface area contributed by atoms with E-state index < -0.39 is 0 Å². The summed E-state index contributed by atoms with van der Waals surface area (Å²) in [5.74, 6) is 0.338. The monoisotopic (exact) mass is 242 g/mol. The van der Waals surface area contributed by atoms with Gasteiger partial charge in [-0.25, -0.2) is 0 Å². The van der Waals surface area contributed by atoms with Gasteiger partial charge in [-0.05, 0) is 36.5 Å². The van der Waals surface area contributed by atoms with Crippen LogP contribution in [0.25, 0.3) is 0 Å². The number of hydrogen-bond donors (Lipinski definition) is 0. The Morgan fingerprint density at radius 3 is 2.50 bits per heavy atom. The molecule has 96 valence electrons. The van der Waals surface area contributed by atoms with Crippen molar-refractivity contribution in [1.82, 2.24) is 0 Å². The highest BCUT2D eigenvalue weighted by atomic mass is 16.1. The number of carbonyl (C=O) groups is 1. The van der Waals surface area contributed by atoms with E-state index in [9.17, 15) is 4.79 Å². The van der Waals surface area contributed by atoms with Gasteiger partial charge in [-0.15, -0.1) is 0 Å². The second-order valence-corrected chi connectivity index (χ2v) is 5.15. The molecule has 0 N–H and O–H groups in total. The van der Waals surface area contributed by atoms with E-state index in [1.54, 1.807) is 6.08 Å². The van der Waals surface area contributed by atoms with Gasteiger partial charge in [0.1, 0.15) is 0 Å². The molecule has 18 heavy (non-hydrogen) atoms. The fourth-order valence-corrected chi connectivity index (χ4v) is 2.53. The first-order valence-electron chi connectivity index (χ1n) is 7.10. The molecule has 1 aliphatic rings. The maximum Gasteiger partial charge on any atom is 0.163 e. The molecule has 0 radical (unpaired) electrons. The molecule has 1 atom stereocenters. The number of ketones is 1. The Balaban J connectivity index is 1.87. The summed E-state index contributed by atoms with van der Waals surface area (Å²) in [6.07, 6.45) is 10.9. The van der Waals surface area contributed by atoms with Gasteiger partial charge < -0.3 is 0 Å². The van der Waals surface area contributed by atoms with Crippen molar-refractivity contribution < 1.29 is 4.79 Å². The van der Waals surface area contributed by atoms with Crippen LogP contribution in [0.3, 0.4) is 0 Å². The van der Waals surface area contributed by atoms with E-state index in [1.807, 2.05) is 6.08 Å². The van der Waals surface area contributed by atoms with Crippen LogP contribution >= 0.6 is 0 Å². The fourth-order valence-electron chi connectivity index (χ4n) is 2.53. The van der Waals surface area contributed by atoms with Crippen LogP contribution in [0.2, 0.25) is 0 Å². The van der Waals surface area contributed by atoms with Crippen LogP contribution in [0.1, 0.15) is 56.1 Å². The molecule has 0 amide bonds. The van der Waals surface area contributed by atoms with E-state index >= 15 is 0 Å². The molecule has 1 aromatic carbocycles. The highest BCUT2D eigenvalue weighted by Gasteiger charge is 2.20. The van der Waals surface area contributed by atoms with Crippen LogP contribution < -0.4 is 0 Å². The average Bonchev–Trinajstić information content (AvgIpc) is 2.82. The lowest BCUT2D eigenvalue weighted by atomic mass is 9.94. The van der Waals surface area contributed by atoms with Gasteiger partial charge in [-0.3, -0.25) is 4.79 Å². The summed E-state index contributed by atoms with van der Waals surface area (Å²) in [6, 6.07) is 8.63. The lowest BCUT2D eigenvalue weighted by Gasteiger charge is -2.09. The predicted molar refractivity (Wildman–Crippen MR) is 75.8 cm³/mol. The van der Waals surface area contributed by atoms with Crippen LogP contribution in [0.5, 0.6) is 0 Å². The Kier molecular flexibility index (Phi) is 4.74. The van der Waals surface area contributed by atoms with Crippen molar-refractivity contribution in [3.63, 3.8) is 0 Å². The molecule has 1 heteroatoms. The highest BCUT2D eigenvalue weighted by Crippen LogP contribution is 2.26. The van der Waals surface area contributed by atoms with E-state index in [-0.39, 0.29) is 11.7 Å². The summed E-state index contributed by atoms with van der Waals surface area (Å²) in [6.45, 7) is 2.24. The van der Waals surface area contributed by atoms with Crippen molar-refractivity contribution in [2.45, 2.75) is 51.4 Å². The number of unbranched alkanes of at least 4 members (excludes halogenated alkanes) is 3. The normalized spacial score (nSPS) is 18.5. The molecule has 0 saturated carbocycles. The standard InChI is InChI=1S/C17H22O/c1-2-3-4-5-7-14-10-12-15(13-11-14)16-8-6-9-17(16)18/h6,9-13,16H,2-5,7-8H2,1H3. The van der Waals surface area contributed by atoms with Gasteiger partial charge in [0.15, 0.2) is 5.78 Å². The van der Waals surface area contributed by atoms with Crippen LogP contribution in [-0.2, 0) is 11.2 Å². The van der Waals surface area contributed by atoms with Crippen LogP contribution in [0.15, 0.2) is 36.4 Å². The summed E-state index contributed by atoms with van der Waals surface area (Å²) in [5, 5.41) is 0. The number of hydrogen-bond acceptors (Lipinski definition) is 1. The lowest BCUT2D eigenvalue weighted by Crippen LogP contribution is -2.04. The van der Waals surface area contributed by atoms with Gasteiger partial charge in [0, 0.05) is 0 Å². The van der Waals surface area contributed by atoms with Crippen molar-refractivity contribution in [3.05, 3.63) is 47.5 Å². The smallest absolute Gasteiger partial charge is 0.163 e. The third kappa shape index (κ3) is 3.32. The molecule has 1 aromatic rings. The maximum atomic E-state index is 11.6. The molecular formula is C17H22O. The third-order valence-electron chi connectivity index (χ3n) is 3.70. The van der Waals surface area contributed by atoms with E-state index in [4.69, 9.17) is 0 Å². The van der Waals surface area contributed by atoms with Crippen LogP contribution in [-0.4, -0.2) is 5.78 Å². The Labute approximate surface area is 110 Å². The minimum atomic E-state index is 0.0825. The van der Waals surface area contributed by atoms with Gasteiger partial charge in [0.25, 0.3) is 0 Å². The number of rotatable bonds is 6. The van der Waals surface area contributed by atoms with Crippen molar-refractivity contribution in [3.8, 4) is 0 Å². The molecule has 0 heterocycles.